The second-order valence-electron chi connectivity index (χ2n) is 7.81. The minimum atomic E-state index is -1.30. The third-order valence-corrected chi connectivity index (χ3v) is 4.92. The van der Waals surface area contributed by atoms with E-state index in [1.54, 1.807) is 19.9 Å². The molecule has 0 aliphatic carbocycles. The number of hydrogen-bond acceptors (Lipinski definition) is 9. The molecule has 1 aromatic carbocycles. The Morgan fingerprint density at radius 1 is 0.853 bits per heavy atom. The molecule has 1 saturated heterocycles. The molecule has 0 aromatic heterocycles. The predicted molar refractivity (Wildman–Crippen MR) is 118 cm³/mol. The van der Waals surface area contributed by atoms with E-state index in [2.05, 4.69) is 0 Å². The molecule has 0 saturated carbocycles. The maximum atomic E-state index is 12.4. The number of rotatable bonds is 12. The van der Waals surface area contributed by atoms with Crippen LogP contribution in [0.25, 0.3) is 0 Å². The van der Waals surface area contributed by atoms with Crippen molar-refractivity contribution in [3.63, 3.8) is 0 Å². The second-order valence-corrected chi connectivity index (χ2v) is 7.81. The predicted octanol–water partition coefficient (Wildman–Crippen LogP) is 3.26. The Hall–Kier alpha value is -3.14. The van der Waals surface area contributed by atoms with E-state index in [4.69, 9.17) is 23.7 Å². The second kappa shape index (κ2) is 13.5. The number of carboxylic acid groups (broad SMARTS) is 1. The van der Waals surface area contributed by atoms with Gasteiger partial charge in [-0.2, -0.15) is 0 Å². The van der Waals surface area contributed by atoms with Crippen LogP contribution >= 0.6 is 0 Å². The normalized spacial score (nSPS) is 21.9. The molecule has 188 valence electrons. The molecule has 0 unspecified atom stereocenters. The molecule has 1 aromatic rings. The van der Waals surface area contributed by atoms with Crippen LogP contribution < -0.4 is 4.74 Å². The number of ether oxygens (including phenoxy) is 5. The third-order valence-electron chi connectivity index (χ3n) is 4.92. The summed E-state index contributed by atoms with van der Waals surface area (Å²) < 4.78 is 28.2. The van der Waals surface area contributed by atoms with Crippen molar-refractivity contribution in [2.45, 2.75) is 83.9 Å². The van der Waals surface area contributed by atoms with Gasteiger partial charge in [0.1, 0.15) is 11.3 Å². The van der Waals surface area contributed by atoms with Crippen molar-refractivity contribution in [3.8, 4) is 5.75 Å². The summed E-state index contributed by atoms with van der Waals surface area (Å²) >= 11 is 0. The Kier molecular flexibility index (Phi) is 10.8. The molecule has 1 fully saturated rings. The van der Waals surface area contributed by atoms with Gasteiger partial charge in [0.2, 0.25) is 12.4 Å². The van der Waals surface area contributed by atoms with Gasteiger partial charge in [-0.3, -0.25) is 14.4 Å². The first-order chi connectivity index (χ1) is 16.3. The number of benzene rings is 1. The summed E-state index contributed by atoms with van der Waals surface area (Å²) in [6.45, 7) is 5.21. The van der Waals surface area contributed by atoms with Gasteiger partial charge in [0.25, 0.3) is 0 Å². The Balaban J connectivity index is 2.39. The van der Waals surface area contributed by atoms with Crippen molar-refractivity contribution in [1.82, 2.24) is 0 Å². The zero-order chi connectivity index (χ0) is 25.1. The zero-order valence-electron chi connectivity index (χ0n) is 19.7. The zero-order valence-corrected chi connectivity index (χ0v) is 19.7. The fraction of sp³-hybridized carbons (Fsp3) is 0.583. The summed E-state index contributed by atoms with van der Waals surface area (Å²) in [7, 11) is 0. The largest absolute Gasteiger partial charge is 0.478 e. The van der Waals surface area contributed by atoms with Gasteiger partial charge in [-0.15, -0.1) is 0 Å². The van der Waals surface area contributed by atoms with Gasteiger partial charge in [0.05, 0.1) is 6.61 Å². The highest BCUT2D eigenvalue weighted by Gasteiger charge is 2.49. The number of para-hydroxylation sites is 1. The third kappa shape index (κ3) is 7.72. The van der Waals surface area contributed by atoms with Crippen LogP contribution in [0.1, 0.15) is 69.7 Å². The molecular formula is C24H32O10. The molecular weight excluding hydrogens is 448 g/mol. The monoisotopic (exact) mass is 480 g/mol. The summed E-state index contributed by atoms with van der Waals surface area (Å²) in [5.74, 6) is -2.90. The van der Waals surface area contributed by atoms with Gasteiger partial charge in [-0.05, 0) is 31.4 Å². The maximum Gasteiger partial charge on any atom is 0.339 e. The first-order valence-electron chi connectivity index (χ1n) is 11.5. The van der Waals surface area contributed by atoms with Gasteiger partial charge >= 0.3 is 23.9 Å². The molecule has 0 bridgehead atoms. The van der Waals surface area contributed by atoms with Crippen molar-refractivity contribution >= 4 is 23.9 Å². The lowest BCUT2D eigenvalue weighted by Gasteiger charge is -2.40. The molecule has 0 spiro atoms. The van der Waals surface area contributed by atoms with Crippen LogP contribution in [-0.2, 0) is 33.3 Å². The molecule has 10 heteroatoms. The van der Waals surface area contributed by atoms with E-state index in [0.29, 0.717) is 19.3 Å². The van der Waals surface area contributed by atoms with Gasteiger partial charge < -0.3 is 28.8 Å². The smallest absolute Gasteiger partial charge is 0.339 e. The van der Waals surface area contributed by atoms with Crippen molar-refractivity contribution in [1.29, 1.82) is 0 Å². The Morgan fingerprint density at radius 3 is 1.94 bits per heavy atom. The van der Waals surface area contributed by atoms with Crippen LogP contribution in [-0.4, -0.2) is 60.2 Å². The highest BCUT2D eigenvalue weighted by atomic mass is 16.7. The van der Waals surface area contributed by atoms with E-state index in [-0.39, 0.29) is 37.2 Å². The average molecular weight is 481 g/mol. The van der Waals surface area contributed by atoms with E-state index in [0.717, 1.165) is 0 Å². The Labute approximate surface area is 198 Å². The lowest BCUT2D eigenvalue weighted by molar-refractivity contribution is -0.261. The fourth-order valence-corrected chi connectivity index (χ4v) is 3.35. The van der Waals surface area contributed by atoms with Crippen LogP contribution in [0.2, 0.25) is 0 Å². The summed E-state index contributed by atoms with van der Waals surface area (Å²) in [6.07, 6.45) is -2.90. The number of hydrogen-bond donors (Lipinski definition) is 1. The molecule has 0 amide bonds. The van der Waals surface area contributed by atoms with E-state index in [9.17, 15) is 24.3 Å². The molecule has 1 aliphatic heterocycles. The standard InChI is InChI=1S/C24H32O10/c1-4-9-18(25)31-17-14-30-24(32-16-13-8-7-12-15(16)23(28)29)22(34-20(27)11-6-3)21(17)33-19(26)10-5-2/h7-8,12-13,17,21-22,24H,4-6,9-11,14H2,1-3H3,(H,28,29)/t17-,21-,22-,24-/m1/s1. The van der Waals surface area contributed by atoms with Crippen LogP contribution in [0.15, 0.2) is 24.3 Å². The summed E-state index contributed by atoms with van der Waals surface area (Å²) in [5.41, 5.74) is -0.124. The number of aromatic carboxylic acids is 1. The number of esters is 3. The minimum absolute atomic E-state index is 0.0170. The Morgan fingerprint density at radius 2 is 1.38 bits per heavy atom. The first-order valence-corrected chi connectivity index (χ1v) is 11.5. The van der Waals surface area contributed by atoms with Crippen molar-refractivity contribution in [3.05, 3.63) is 29.8 Å². The van der Waals surface area contributed by atoms with Gasteiger partial charge in [-0.25, -0.2) is 4.79 Å². The average Bonchev–Trinajstić information content (AvgIpc) is 2.78. The fourth-order valence-electron chi connectivity index (χ4n) is 3.35. The number of carbonyl (C=O) groups excluding carboxylic acids is 3. The van der Waals surface area contributed by atoms with Gasteiger partial charge in [-0.1, -0.05) is 32.9 Å². The Bertz CT molecular complexity index is 852. The molecule has 0 radical (unpaired) electrons. The summed E-state index contributed by atoms with van der Waals surface area (Å²) in [6, 6.07) is 5.90. The van der Waals surface area contributed by atoms with Crippen LogP contribution in [0, 0.1) is 0 Å². The lowest BCUT2D eigenvalue weighted by Crippen LogP contribution is -2.59. The summed E-state index contributed by atoms with van der Waals surface area (Å²) in [5, 5.41) is 9.47. The molecule has 1 N–H and O–H groups in total. The molecule has 10 nitrogen and oxygen atoms in total. The number of carboxylic acids is 1. The van der Waals surface area contributed by atoms with E-state index in [1.165, 1.54) is 18.2 Å². The van der Waals surface area contributed by atoms with E-state index < -0.39 is 48.5 Å². The molecule has 2 rings (SSSR count). The number of carbonyl (C=O) groups is 4. The SMILES string of the molecule is CCCC(=O)O[C@H]1[C@@H](Oc2ccccc2C(=O)O)OC[C@@H](OC(=O)CCC)[C@H]1OC(=O)CCC. The lowest BCUT2D eigenvalue weighted by atomic mass is 10.0. The van der Waals surface area contributed by atoms with Crippen LogP contribution in [0.5, 0.6) is 5.75 Å². The van der Waals surface area contributed by atoms with Crippen LogP contribution in [0.4, 0.5) is 0 Å². The van der Waals surface area contributed by atoms with E-state index >= 15 is 0 Å². The first kappa shape index (κ1) is 27.1. The molecule has 34 heavy (non-hydrogen) atoms. The highest BCUT2D eigenvalue weighted by molar-refractivity contribution is 5.90. The van der Waals surface area contributed by atoms with Crippen molar-refractivity contribution < 1.29 is 48.0 Å². The summed E-state index contributed by atoms with van der Waals surface area (Å²) in [4.78, 5) is 48.5. The van der Waals surface area contributed by atoms with Gasteiger partial charge in [0.15, 0.2) is 12.2 Å². The topological polar surface area (TPSA) is 135 Å². The van der Waals surface area contributed by atoms with Crippen molar-refractivity contribution in [2.24, 2.45) is 0 Å². The maximum absolute atomic E-state index is 12.4. The molecule has 1 heterocycles. The minimum Gasteiger partial charge on any atom is -0.478 e. The quantitative estimate of drug-likeness (QED) is 0.351. The van der Waals surface area contributed by atoms with Gasteiger partial charge in [0, 0.05) is 19.3 Å². The molecule has 4 atom stereocenters. The van der Waals surface area contributed by atoms with Crippen molar-refractivity contribution in [2.75, 3.05) is 6.61 Å². The van der Waals surface area contributed by atoms with Crippen LogP contribution in [0.3, 0.4) is 0 Å². The van der Waals surface area contributed by atoms with E-state index in [1.807, 2.05) is 6.92 Å². The highest BCUT2D eigenvalue weighted by Crippen LogP contribution is 2.29. The molecule has 1 aliphatic rings.